The molecule has 3 rings (SSSR count). The Morgan fingerprint density at radius 2 is 2.00 bits per heavy atom. The molecular weight excluding hydrogens is 309 g/mol. The molecule has 0 saturated carbocycles. The van der Waals surface area contributed by atoms with Gasteiger partial charge in [0.1, 0.15) is 5.82 Å². The Balaban J connectivity index is 2.35. The van der Waals surface area contributed by atoms with Crippen LogP contribution in [0.25, 0.3) is 16.7 Å². The average molecular weight is 320 g/mol. The Labute approximate surface area is 118 Å². The van der Waals surface area contributed by atoms with Crippen LogP contribution in [0.3, 0.4) is 0 Å². The van der Waals surface area contributed by atoms with E-state index >= 15 is 0 Å². The number of aromatic nitrogens is 2. The summed E-state index contributed by atoms with van der Waals surface area (Å²) in [5.41, 5.74) is 8.95. The summed E-state index contributed by atoms with van der Waals surface area (Å²) in [5, 5.41) is 0. The zero-order valence-electron chi connectivity index (χ0n) is 10.2. The highest BCUT2D eigenvalue weighted by Gasteiger charge is 2.13. The van der Waals surface area contributed by atoms with Crippen LogP contribution in [-0.2, 0) is 0 Å². The van der Waals surface area contributed by atoms with E-state index in [2.05, 4.69) is 20.9 Å². The minimum absolute atomic E-state index is 0.279. The maximum absolute atomic E-state index is 14.1. The summed E-state index contributed by atoms with van der Waals surface area (Å²) in [6, 6.07) is 10.7. The number of nitrogens with zero attached hydrogens (tertiary/aromatic N) is 2. The zero-order valence-corrected chi connectivity index (χ0v) is 11.8. The summed E-state index contributed by atoms with van der Waals surface area (Å²) in [7, 11) is 0. The summed E-state index contributed by atoms with van der Waals surface area (Å²) in [6.07, 6.45) is 0. The molecule has 3 nitrogen and oxygen atoms in total. The van der Waals surface area contributed by atoms with Gasteiger partial charge in [-0.05, 0) is 42.8 Å². The molecule has 0 fully saturated rings. The quantitative estimate of drug-likeness (QED) is 0.741. The van der Waals surface area contributed by atoms with Gasteiger partial charge in [-0.15, -0.1) is 0 Å². The van der Waals surface area contributed by atoms with Crippen molar-refractivity contribution in [2.75, 3.05) is 5.73 Å². The first kappa shape index (κ1) is 12.2. The molecule has 3 aromatic rings. The zero-order chi connectivity index (χ0) is 13.6. The lowest BCUT2D eigenvalue weighted by molar-refractivity contribution is 0.619. The second-order valence-electron chi connectivity index (χ2n) is 4.39. The van der Waals surface area contributed by atoms with Crippen LogP contribution in [0.2, 0.25) is 0 Å². The van der Waals surface area contributed by atoms with Gasteiger partial charge < -0.3 is 5.73 Å². The molecule has 2 N–H and O–H groups in total. The molecule has 19 heavy (non-hydrogen) atoms. The fourth-order valence-electron chi connectivity index (χ4n) is 2.12. The van der Waals surface area contributed by atoms with Crippen molar-refractivity contribution in [2.45, 2.75) is 6.92 Å². The summed E-state index contributed by atoms with van der Waals surface area (Å²) >= 11 is 3.24. The van der Waals surface area contributed by atoms with Crippen molar-refractivity contribution in [1.82, 2.24) is 9.55 Å². The van der Waals surface area contributed by atoms with E-state index in [0.717, 1.165) is 16.6 Å². The number of nitrogen functional groups attached to an aromatic ring is 1. The van der Waals surface area contributed by atoms with Gasteiger partial charge in [0.15, 0.2) is 0 Å². The van der Waals surface area contributed by atoms with Gasteiger partial charge in [-0.3, -0.25) is 4.57 Å². The molecule has 0 spiro atoms. The van der Waals surface area contributed by atoms with Gasteiger partial charge in [0.05, 0.1) is 16.7 Å². The third kappa shape index (κ3) is 2.00. The van der Waals surface area contributed by atoms with Gasteiger partial charge in [0, 0.05) is 4.47 Å². The number of rotatable bonds is 1. The first-order valence-electron chi connectivity index (χ1n) is 5.76. The molecule has 0 aliphatic carbocycles. The molecular formula is C14H11BrFN3. The van der Waals surface area contributed by atoms with E-state index in [0.29, 0.717) is 10.2 Å². The van der Waals surface area contributed by atoms with Crippen LogP contribution in [0, 0.1) is 12.7 Å². The molecule has 0 radical (unpaired) electrons. The molecule has 2 aromatic carbocycles. The highest BCUT2D eigenvalue weighted by Crippen LogP contribution is 2.27. The van der Waals surface area contributed by atoms with Crippen molar-refractivity contribution in [3.05, 3.63) is 52.3 Å². The Morgan fingerprint density at radius 3 is 2.74 bits per heavy atom. The number of hydrogen-bond acceptors (Lipinski definition) is 2. The largest absolute Gasteiger partial charge is 0.369 e. The third-order valence-corrected chi connectivity index (χ3v) is 3.48. The van der Waals surface area contributed by atoms with E-state index in [4.69, 9.17) is 5.73 Å². The Bertz CT molecular complexity index is 780. The van der Waals surface area contributed by atoms with E-state index in [9.17, 15) is 4.39 Å². The lowest BCUT2D eigenvalue weighted by atomic mass is 10.2. The van der Waals surface area contributed by atoms with E-state index in [1.807, 2.05) is 25.1 Å². The number of halogens is 2. The Morgan fingerprint density at radius 1 is 1.21 bits per heavy atom. The summed E-state index contributed by atoms with van der Waals surface area (Å²) in [4.78, 5) is 4.26. The number of aryl methyl sites for hydroxylation is 1. The van der Waals surface area contributed by atoms with Crippen LogP contribution in [0.1, 0.15) is 5.56 Å². The van der Waals surface area contributed by atoms with Crippen LogP contribution in [0.5, 0.6) is 0 Å². The monoisotopic (exact) mass is 319 g/mol. The number of anilines is 1. The molecule has 0 bridgehead atoms. The third-order valence-electron chi connectivity index (χ3n) is 2.99. The highest BCUT2D eigenvalue weighted by atomic mass is 79.9. The summed E-state index contributed by atoms with van der Waals surface area (Å²) in [5.74, 6) is -0.0660. The van der Waals surface area contributed by atoms with Crippen molar-refractivity contribution >= 4 is 32.9 Å². The maximum atomic E-state index is 14.1. The standard InChI is InChI=1S/C14H11BrFN3/c1-8-2-4-11-13(6-8)19(14(17)18-11)12-5-3-9(15)7-10(12)16/h2-7H,1H3,(H2,17,18). The number of hydrogen-bond donors (Lipinski definition) is 1. The Hall–Kier alpha value is -1.88. The Kier molecular flexibility index (Phi) is 2.78. The van der Waals surface area contributed by atoms with Gasteiger partial charge >= 0.3 is 0 Å². The lowest BCUT2D eigenvalue weighted by Gasteiger charge is -2.08. The van der Waals surface area contributed by atoms with Crippen molar-refractivity contribution in [2.24, 2.45) is 0 Å². The van der Waals surface area contributed by atoms with Gasteiger partial charge in [-0.2, -0.15) is 0 Å². The number of imidazole rings is 1. The lowest BCUT2D eigenvalue weighted by Crippen LogP contribution is -2.03. The number of nitrogens with two attached hydrogens (primary N) is 1. The molecule has 0 amide bonds. The number of fused-ring (bicyclic) bond motifs is 1. The topological polar surface area (TPSA) is 43.8 Å². The normalized spacial score (nSPS) is 11.1. The molecule has 0 saturated heterocycles. The van der Waals surface area contributed by atoms with Crippen LogP contribution in [0.15, 0.2) is 40.9 Å². The summed E-state index contributed by atoms with van der Waals surface area (Å²) in [6.45, 7) is 1.98. The van der Waals surface area contributed by atoms with Crippen molar-refractivity contribution in [3.63, 3.8) is 0 Å². The molecule has 96 valence electrons. The van der Waals surface area contributed by atoms with E-state index < -0.39 is 0 Å². The average Bonchev–Trinajstić information content (AvgIpc) is 2.65. The van der Waals surface area contributed by atoms with Crippen LogP contribution in [0.4, 0.5) is 10.3 Å². The van der Waals surface area contributed by atoms with E-state index in [-0.39, 0.29) is 11.8 Å². The fourth-order valence-corrected chi connectivity index (χ4v) is 2.45. The van der Waals surface area contributed by atoms with Gasteiger partial charge in [0.25, 0.3) is 0 Å². The van der Waals surface area contributed by atoms with Crippen molar-refractivity contribution in [3.8, 4) is 5.69 Å². The predicted octanol–water partition coefficient (Wildman–Crippen LogP) is 3.82. The molecule has 0 aliphatic heterocycles. The molecule has 0 atom stereocenters. The molecule has 1 heterocycles. The molecule has 0 unspecified atom stereocenters. The molecule has 0 aliphatic rings. The van der Waals surface area contributed by atoms with Gasteiger partial charge in [-0.25, -0.2) is 9.37 Å². The first-order chi connectivity index (χ1) is 9.06. The van der Waals surface area contributed by atoms with Crippen LogP contribution < -0.4 is 5.73 Å². The second kappa shape index (κ2) is 4.35. The van der Waals surface area contributed by atoms with Crippen LogP contribution >= 0.6 is 15.9 Å². The van der Waals surface area contributed by atoms with Crippen molar-refractivity contribution in [1.29, 1.82) is 0 Å². The van der Waals surface area contributed by atoms with Gasteiger partial charge in [-0.1, -0.05) is 22.0 Å². The maximum Gasteiger partial charge on any atom is 0.206 e. The number of benzene rings is 2. The predicted molar refractivity (Wildman–Crippen MR) is 77.9 cm³/mol. The van der Waals surface area contributed by atoms with E-state index in [1.54, 1.807) is 16.7 Å². The SMILES string of the molecule is Cc1ccc2nc(N)n(-c3ccc(Br)cc3F)c2c1. The minimum atomic E-state index is -0.345. The first-order valence-corrected chi connectivity index (χ1v) is 6.55. The molecule has 5 heteroatoms. The molecule has 1 aromatic heterocycles. The summed E-state index contributed by atoms with van der Waals surface area (Å²) < 4.78 is 16.4. The van der Waals surface area contributed by atoms with E-state index in [1.165, 1.54) is 6.07 Å². The minimum Gasteiger partial charge on any atom is -0.369 e. The second-order valence-corrected chi connectivity index (χ2v) is 5.31. The smallest absolute Gasteiger partial charge is 0.206 e. The van der Waals surface area contributed by atoms with Crippen molar-refractivity contribution < 1.29 is 4.39 Å². The fraction of sp³-hybridized carbons (Fsp3) is 0.0714. The van der Waals surface area contributed by atoms with Gasteiger partial charge in [0.2, 0.25) is 5.95 Å². The van der Waals surface area contributed by atoms with Crippen LogP contribution in [-0.4, -0.2) is 9.55 Å². The highest BCUT2D eigenvalue weighted by molar-refractivity contribution is 9.10.